The third-order valence-electron chi connectivity index (χ3n) is 3.93. The van der Waals surface area contributed by atoms with Gasteiger partial charge >= 0.3 is 0 Å². The van der Waals surface area contributed by atoms with Crippen molar-refractivity contribution in [2.24, 2.45) is 0 Å². The van der Waals surface area contributed by atoms with Crippen LogP contribution in [-0.4, -0.2) is 34.7 Å². The van der Waals surface area contributed by atoms with E-state index in [1.807, 2.05) is 6.92 Å². The minimum Gasteiger partial charge on any atom is -0.385 e. The molecule has 0 aromatic carbocycles. The molecule has 2 saturated heterocycles. The average Bonchev–Trinajstić information content (AvgIpc) is 2.33. The summed E-state index contributed by atoms with van der Waals surface area (Å²) in [6.45, 7) is 5.85. The minimum absolute atomic E-state index is 0.571. The van der Waals surface area contributed by atoms with Crippen molar-refractivity contribution in [3.63, 3.8) is 0 Å². The number of rotatable bonds is 1. The predicted molar refractivity (Wildman–Crippen MR) is 53.6 cm³/mol. The van der Waals surface area contributed by atoms with Crippen LogP contribution in [0.2, 0.25) is 0 Å². The van der Waals surface area contributed by atoms with E-state index in [4.69, 9.17) is 0 Å². The molecule has 74 valence electrons. The Morgan fingerprint density at radius 1 is 1.38 bits per heavy atom. The fourth-order valence-corrected chi connectivity index (χ4v) is 2.79. The topological polar surface area (TPSA) is 23.5 Å². The molecule has 0 radical (unpaired) electrons. The van der Waals surface area contributed by atoms with Crippen LogP contribution in [0.5, 0.6) is 0 Å². The standard InChI is InChI=1S/C11H19NO/c1-8(2)11(13)6-9-4-5-10(7-11)12(9)3/h9-10,13H,1,4-7H2,2-3H3. The zero-order valence-corrected chi connectivity index (χ0v) is 8.58. The highest BCUT2D eigenvalue weighted by Crippen LogP contribution is 2.42. The van der Waals surface area contributed by atoms with E-state index in [9.17, 15) is 5.11 Å². The van der Waals surface area contributed by atoms with Gasteiger partial charge < -0.3 is 10.0 Å². The Labute approximate surface area is 80.2 Å². The van der Waals surface area contributed by atoms with Crippen LogP contribution >= 0.6 is 0 Å². The lowest BCUT2D eigenvalue weighted by Crippen LogP contribution is -2.49. The van der Waals surface area contributed by atoms with Gasteiger partial charge in [-0.2, -0.15) is 0 Å². The van der Waals surface area contributed by atoms with Gasteiger partial charge in [0.2, 0.25) is 0 Å². The summed E-state index contributed by atoms with van der Waals surface area (Å²) in [5.74, 6) is 0. The van der Waals surface area contributed by atoms with Gasteiger partial charge in [0.15, 0.2) is 0 Å². The first-order valence-electron chi connectivity index (χ1n) is 5.13. The second-order valence-electron chi connectivity index (χ2n) is 4.77. The SMILES string of the molecule is C=C(C)C1(O)CC2CCC(C1)N2C. The van der Waals surface area contributed by atoms with Gasteiger partial charge in [-0.05, 0) is 45.2 Å². The van der Waals surface area contributed by atoms with Crippen LogP contribution in [0, 0.1) is 0 Å². The summed E-state index contributed by atoms with van der Waals surface area (Å²) in [6.07, 6.45) is 4.26. The predicted octanol–water partition coefficient (Wildman–Crippen LogP) is 1.55. The van der Waals surface area contributed by atoms with Crippen LogP contribution in [0.15, 0.2) is 12.2 Å². The van der Waals surface area contributed by atoms with E-state index in [1.54, 1.807) is 0 Å². The Bertz CT molecular complexity index is 222. The first kappa shape index (κ1) is 9.22. The van der Waals surface area contributed by atoms with Gasteiger partial charge in [0, 0.05) is 12.1 Å². The third kappa shape index (κ3) is 1.32. The zero-order valence-electron chi connectivity index (χ0n) is 8.58. The van der Waals surface area contributed by atoms with Gasteiger partial charge in [0.25, 0.3) is 0 Å². The van der Waals surface area contributed by atoms with E-state index in [0.29, 0.717) is 12.1 Å². The molecule has 0 spiro atoms. The summed E-state index contributed by atoms with van der Waals surface area (Å²) < 4.78 is 0. The average molecular weight is 181 g/mol. The lowest BCUT2D eigenvalue weighted by Gasteiger charge is -2.42. The van der Waals surface area contributed by atoms with Crippen LogP contribution in [0.3, 0.4) is 0 Å². The maximum Gasteiger partial charge on any atom is 0.0881 e. The molecule has 0 aromatic rings. The van der Waals surface area contributed by atoms with Crippen molar-refractivity contribution in [2.45, 2.75) is 50.3 Å². The molecule has 0 aliphatic carbocycles. The molecule has 2 rings (SSSR count). The molecule has 2 aliphatic heterocycles. The number of aliphatic hydroxyl groups is 1. The van der Waals surface area contributed by atoms with E-state index in [-0.39, 0.29) is 0 Å². The molecule has 2 atom stereocenters. The maximum absolute atomic E-state index is 10.3. The molecule has 2 unspecified atom stereocenters. The van der Waals surface area contributed by atoms with Crippen molar-refractivity contribution in [2.75, 3.05) is 7.05 Å². The molecular formula is C11H19NO. The second kappa shape index (κ2) is 2.82. The number of hydrogen-bond acceptors (Lipinski definition) is 2. The molecule has 0 amide bonds. The monoisotopic (exact) mass is 181 g/mol. The smallest absolute Gasteiger partial charge is 0.0881 e. The maximum atomic E-state index is 10.3. The van der Waals surface area contributed by atoms with Crippen molar-refractivity contribution in [1.82, 2.24) is 4.90 Å². The molecule has 2 bridgehead atoms. The Hall–Kier alpha value is -0.340. The van der Waals surface area contributed by atoms with Crippen LogP contribution in [0.25, 0.3) is 0 Å². The molecule has 2 nitrogen and oxygen atoms in total. The molecule has 2 heterocycles. The van der Waals surface area contributed by atoms with Crippen molar-refractivity contribution in [1.29, 1.82) is 0 Å². The second-order valence-corrected chi connectivity index (χ2v) is 4.77. The number of nitrogens with zero attached hydrogens (tertiary/aromatic N) is 1. The highest BCUT2D eigenvalue weighted by atomic mass is 16.3. The number of hydrogen-bond donors (Lipinski definition) is 1. The van der Waals surface area contributed by atoms with Gasteiger partial charge in [-0.25, -0.2) is 0 Å². The minimum atomic E-state index is -0.571. The number of fused-ring (bicyclic) bond motifs is 2. The van der Waals surface area contributed by atoms with Crippen molar-refractivity contribution >= 4 is 0 Å². The number of piperidine rings is 1. The largest absolute Gasteiger partial charge is 0.385 e. The van der Waals surface area contributed by atoms with E-state index in [0.717, 1.165) is 18.4 Å². The van der Waals surface area contributed by atoms with Gasteiger partial charge in [0.1, 0.15) is 0 Å². The van der Waals surface area contributed by atoms with E-state index >= 15 is 0 Å². The summed E-state index contributed by atoms with van der Waals surface area (Å²) in [5.41, 5.74) is 0.371. The quantitative estimate of drug-likeness (QED) is 0.620. The third-order valence-corrected chi connectivity index (χ3v) is 3.93. The Morgan fingerprint density at radius 2 is 1.85 bits per heavy atom. The first-order chi connectivity index (χ1) is 6.03. The van der Waals surface area contributed by atoms with Crippen LogP contribution in [0.1, 0.15) is 32.6 Å². The van der Waals surface area contributed by atoms with Gasteiger partial charge in [-0.1, -0.05) is 6.58 Å². The van der Waals surface area contributed by atoms with Gasteiger partial charge in [0.05, 0.1) is 5.60 Å². The summed E-state index contributed by atoms with van der Waals surface area (Å²) in [4.78, 5) is 2.43. The molecule has 2 heteroatoms. The van der Waals surface area contributed by atoms with Gasteiger partial charge in [-0.15, -0.1) is 0 Å². The molecule has 0 saturated carbocycles. The van der Waals surface area contributed by atoms with E-state index in [1.165, 1.54) is 12.8 Å². The summed E-state index contributed by atoms with van der Waals surface area (Å²) in [7, 11) is 2.18. The normalized spacial score (nSPS) is 45.2. The first-order valence-corrected chi connectivity index (χ1v) is 5.13. The fraction of sp³-hybridized carbons (Fsp3) is 0.818. The van der Waals surface area contributed by atoms with Crippen molar-refractivity contribution < 1.29 is 5.11 Å². The highest BCUT2D eigenvalue weighted by molar-refractivity contribution is 5.16. The summed E-state index contributed by atoms with van der Waals surface area (Å²) in [6, 6.07) is 1.17. The molecule has 2 fully saturated rings. The molecule has 1 N–H and O–H groups in total. The summed E-state index contributed by atoms with van der Waals surface area (Å²) >= 11 is 0. The van der Waals surface area contributed by atoms with E-state index < -0.39 is 5.60 Å². The van der Waals surface area contributed by atoms with Crippen molar-refractivity contribution in [3.05, 3.63) is 12.2 Å². The fourth-order valence-electron chi connectivity index (χ4n) is 2.79. The Morgan fingerprint density at radius 3 is 2.23 bits per heavy atom. The molecular weight excluding hydrogens is 162 g/mol. The van der Waals surface area contributed by atoms with Crippen LogP contribution in [0.4, 0.5) is 0 Å². The Balaban J connectivity index is 2.19. The zero-order chi connectivity index (χ0) is 9.64. The Kier molecular flexibility index (Phi) is 2.00. The molecule has 13 heavy (non-hydrogen) atoms. The molecule has 0 aromatic heterocycles. The highest BCUT2D eigenvalue weighted by Gasteiger charge is 2.46. The van der Waals surface area contributed by atoms with Gasteiger partial charge in [-0.3, -0.25) is 0 Å². The van der Waals surface area contributed by atoms with Crippen LogP contribution < -0.4 is 0 Å². The lowest BCUT2D eigenvalue weighted by atomic mass is 9.82. The van der Waals surface area contributed by atoms with Crippen molar-refractivity contribution in [3.8, 4) is 0 Å². The van der Waals surface area contributed by atoms with Crippen LogP contribution in [-0.2, 0) is 0 Å². The van der Waals surface area contributed by atoms with E-state index in [2.05, 4.69) is 18.5 Å². The summed E-state index contributed by atoms with van der Waals surface area (Å²) in [5, 5.41) is 10.3. The molecule has 2 aliphatic rings. The lowest BCUT2D eigenvalue weighted by molar-refractivity contribution is -0.0159.